The summed E-state index contributed by atoms with van der Waals surface area (Å²) in [7, 11) is 0. The van der Waals surface area contributed by atoms with Crippen molar-refractivity contribution in [1.82, 2.24) is 9.78 Å². The maximum absolute atomic E-state index is 12.0. The fourth-order valence-electron chi connectivity index (χ4n) is 1.57. The summed E-state index contributed by atoms with van der Waals surface area (Å²) in [4.78, 5) is 12.0. The van der Waals surface area contributed by atoms with Crippen LogP contribution in [-0.4, -0.2) is 15.7 Å². The lowest BCUT2D eigenvalue weighted by atomic mass is 10.2. The number of aryl methyl sites for hydroxylation is 2. The van der Waals surface area contributed by atoms with Crippen molar-refractivity contribution in [3.05, 3.63) is 46.7 Å². The Kier molecular flexibility index (Phi) is 3.67. The van der Waals surface area contributed by atoms with Crippen molar-refractivity contribution in [3.8, 4) is 0 Å². The van der Waals surface area contributed by atoms with Crippen molar-refractivity contribution >= 4 is 23.2 Å². The molecule has 1 amide bonds. The first-order chi connectivity index (χ1) is 8.60. The summed E-state index contributed by atoms with van der Waals surface area (Å²) in [5.41, 5.74) is 2.07. The Balaban J connectivity index is 2.18. The van der Waals surface area contributed by atoms with Crippen LogP contribution in [0.4, 0.5) is 5.69 Å². The van der Waals surface area contributed by atoms with Crippen LogP contribution in [0.2, 0.25) is 5.02 Å². The molecule has 2 rings (SSSR count). The van der Waals surface area contributed by atoms with Crippen LogP contribution >= 0.6 is 11.6 Å². The van der Waals surface area contributed by atoms with Gasteiger partial charge in [0.2, 0.25) is 0 Å². The van der Waals surface area contributed by atoms with Crippen molar-refractivity contribution in [3.63, 3.8) is 0 Å². The highest BCUT2D eigenvalue weighted by Crippen LogP contribution is 2.20. The Labute approximate surface area is 111 Å². The third kappa shape index (κ3) is 2.71. The smallest absolute Gasteiger partial charge is 0.276 e. The van der Waals surface area contributed by atoms with Gasteiger partial charge in [-0.1, -0.05) is 17.7 Å². The monoisotopic (exact) mass is 263 g/mol. The minimum Gasteiger partial charge on any atom is -0.320 e. The SMILES string of the molecule is CCn1ccc(C(=O)Nc2cc(Cl)ccc2C)n1. The van der Waals surface area contributed by atoms with Gasteiger partial charge in [-0.15, -0.1) is 0 Å². The molecule has 1 aromatic heterocycles. The Morgan fingerprint density at radius 2 is 2.22 bits per heavy atom. The molecule has 0 aliphatic carbocycles. The molecule has 1 N–H and O–H groups in total. The standard InChI is InChI=1S/C13H14ClN3O/c1-3-17-7-6-11(16-17)13(18)15-12-8-10(14)5-4-9(12)2/h4-8H,3H2,1-2H3,(H,15,18). The molecule has 2 aromatic rings. The second-order valence-corrected chi connectivity index (χ2v) is 4.41. The summed E-state index contributed by atoms with van der Waals surface area (Å²) < 4.78 is 1.71. The Morgan fingerprint density at radius 3 is 2.89 bits per heavy atom. The molecule has 0 atom stereocenters. The van der Waals surface area contributed by atoms with Gasteiger partial charge in [0.25, 0.3) is 5.91 Å². The number of hydrogen-bond donors (Lipinski definition) is 1. The lowest BCUT2D eigenvalue weighted by Gasteiger charge is -2.07. The molecular formula is C13H14ClN3O. The van der Waals surface area contributed by atoms with E-state index in [0.717, 1.165) is 12.1 Å². The maximum Gasteiger partial charge on any atom is 0.276 e. The number of carbonyl (C=O) groups excluding carboxylic acids is 1. The minimum atomic E-state index is -0.229. The molecule has 1 aromatic carbocycles. The summed E-state index contributed by atoms with van der Waals surface area (Å²) in [5.74, 6) is -0.229. The largest absolute Gasteiger partial charge is 0.320 e. The van der Waals surface area contributed by atoms with E-state index in [1.165, 1.54) is 0 Å². The number of amides is 1. The average Bonchev–Trinajstić information content (AvgIpc) is 2.82. The molecule has 1 heterocycles. The molecule has 94 valence electrons. The van der Waals surface area contributed by atoms with Crippen LogP contribution in [0.3, 0.4) is 0 Å². The average molecular weight is 264 g/mol. The molecule has 0 radical (unpaired) electrons. The van der Waals surface area contributed by atoms with E-state index in [1.807, 2.05) is 19.9 Å². The summed E-state index contributed by atoms with van der Waals surface area (Å²) in [6.07, 6.45) is 1.78. The van der Waals surface area contributed by atoms with E-state index in [0.29, 0.717) is 16.4 Å². The number of nitrogens with zero attached hydrogens (tertiary/aromatic N) is 2. The number of hydrogen-bond acceptors (Lipinski definition) is 2. The van der Waals surface area contributed by atoms with Crippen LogP contribution in [0.1, 0.15) is 23.0 Å². The lowest BCUT2D eigenvalue weighted by molar-refractivity contribution is 0.102. The molecule has 4 nitrogen and oxygen atoms in total. The number of rotatable bonds is 3. The van der Waals surface area contributed by atoms with Crippen LogP contribution in [0.15, 0.2) is 30.5 Å². The first-order valence-electron chi connectivity index (χ1n) is 5.71. The Bertz CT molecular complexity index is 577. The van der Waals surface area contributed by atoms with Crippen molar-refractivity contribution in [2.24, 2.45) is 0 Å². The van der Waals surface area contributed by atoms with Gasteiger partial charge in [-0.25, -0.2) is 0 Å². The van der Waals surface area contributed by atoms with Crippen LogP contribution in [0, 0.1) is 6.92 Å². The van der Waals surface area contributed by atoms with Crippen molar-refractivity contribution in [2.45, 2.75) is 20.4 Å². The van der Waals surface area contributed by atoms with Crippen LogP contribution in [0.5, 0.6) is 0 Å². The van der Waals surface area contributed by atoms with E-state index >= 15 is 0 Å². The zero-order valence-electron chi connectivity index (χ0n) is 10.3. The molecule has 0 bridgehead atoms. The van der Waals surface area contributed by atoms with E-state index in [4.69, 9.17) is 11.6 Å². The van der Waals surface area contributed by atoms with Gasteiger partial charge in [-0.2, -0.15) is 5.10 Å². The van der Waals surface area contributed by atoms with Crippen molar-refractivity contribution in [1.29, 1.82) is 0 Å². The third-order valence-electron chi connectivity index (χ3n) is 2.65. The quantitative estimate of drug-likeness (QED) is 0.925. The molecule has 0 aliphatic rings. The maximum atomic E-state index is 12.0. The predicted molar refractivity (Wildman–Crippen MR) is 72.0 cm³/mol. The van der Waals surface area contributed by atoms with E-state index < -0.39 is 0 Å². The fourth-order valence-corrected chi connectivity index (χ4v) is 1.75. The molecular weight excluding hydrogens is 250 g/mol. The van der Waals surface area contributed by atoms with Crippen LogP contribution in [0.25, 0.3) is 0 Å². The molecule has 5 heteroatoms. The van der Waals surface area contributed by atoms with Gasteiger partial charge < -0.3 is 5.32 Å². The van der Waals surface area contributed by atoms with Crippen LogP contribution in [-0.2, 0) is 6.54 Å². The van der Waals surface area contributed by atoms with E-state index in [1.54, 1.807) is 29.1 Å². The Hall–Kier alpha value is -1.81. The van der Waals surface area contributed by atoms with E-state index in [9.17, 15) is 4.79 Å². The molecule has 18 heavy (non-hydrogen) atoms. The highest BCUT2D eigenvalue weighted by molar-refractivity contribution is 6.31. The summed E-state index contributed by atoms with van der Waals surface area (Å²) in [6, 6.07) is 7.07. The highest BCUT2D eigenvalue weighted by Gasteiger charge is 2.10. The molecule has 0 saturated heterocycles. The summed E-state index contributed by atoms with van der Waals surface area (Å²) in [6.45, 7) is 4.62. The van der Waals surface area contributed by atoms with Crippen molar-refractivity contribution in [2.75, 3.05) is 5.32 Å². The second-order valence-electron chi connectivity index (χ2n) is 3.97. The molecule has 0 unspecified atom stereocenters. The number of carbonyl (C=O) groups is 1. The van der Waals surface area contributed by atoms with Gasteiger partial charge in [-0.3, -0.25) is 9.48 Å². The van der Waals surface area contributed by atoms with Gasteiger partial charge >= 0.3 is 0 Å². The van der Waals surface area contributed by atoms with Gasteiger partial charge in [0.1, 0.15) is 0 Å². The number of benzene rings is 1. The van der Waals surface area contributed by atoms with Gasteiger partial charge in [0, 0.05) is 23.5 Å². The number of nitrogens with one attached hydrogen (secondary N) is 1. The zero-order chi connectivity index (χ0) is 13.1. The fraction of sp³-hybridized carbons (Fsp3) is 0.231. The highest BCUT2D eigenvalue weighted by atomic mass is 35.5. The van der Waals surface area contributed by atoms with E-state index in [2.05, 4.69) is 10.4 Å². The number of aromatic nitrogens is 2. The summed E-state index contributed by atoms with van der Waals surface area (Å²) in [5, 5.41) is 7.55. The molecule has 0 spiro atoms. The molecule has 0 fully saturated rings. The topological polar surface area (TPSA) is 46.9 Å². The normalized spacial score (nSPS) is 10.4. The van der Waals surface area contributed by atoms with Crippen molar-refractivity contribution < 1.29 is 4.79 Å². The van der Waals surface area contributed by atoms with Gasteiger partial charge in [-0.05, 0) is 37.6 Å². The second kappa shape index (κ2) is 5.23. The lowest BCUT2D eigenvalue weighted by Crippen LogP contribution is -2.14. The summed E-state index contributed by atoms with van der Waals surface area (Å²) >= 11 is 5.90. The van der Waals surface area contributed by atoms with Gasteiger partial charge in [0.05, 0.1) is 0 Å². The number of halogens is 1. The number of anilines is 1. The first kappa shape index (κ1) is 12.6. The molecule has 0 aliphatic heterocycles. The zero-order valence-corrected chi connectivity index (χ0v) is 11.0. The third-order valence-corrected chi connectivity index (χ3v) is 2.88. The van der Waals surface area contributed by atoms with Crippen LogP contribution < -0.4 is 5.32 Å². The molecule has 0 saturated carbocycles. The van der Waals surface area contributed by atoms with Gasteiger partial charge in [0.15, 0.2) is 5.69 Å². The Morgan fingerprint density at radius 1 is 1.44 bits per heavy atom. The minimum absolute atomic E-state index is 0.229. The first-order valence-corrected chi connectivity index (χ1v) is 6.09. The van der Waals surface area contributed by atoms with E-state index in [-0.39, 0.29) is 5.91 Å². The predicted octanol–water partition coefficient (Wildman–Crippen LogP) is 3.12.